The molecule has 0 fully saturated rings. The lowest BCUT2D eigenvalue weighted by Gasteiger charge is -2.21. The zero-order valence-corrected chi connectivity index (χ0v) is 13.0. The lowest BCUT2D eigenvalue weighted by Crippen LogP contribution is -2.41. The van der Waals surface area contributed by atoms with Crippen LogP contribution in [0.2, 0.25) is 0 Å². The van der Waals surface area contributed by atoms with E-state index in [1.54, 1.807) is 11.8 Å². The number of amides is 1. The van der Waals surface area contributed by atoms with Crippen molar-refractivity contribution in [2.24, 2.45) is 0 Å². The molecule has 0 aliphatic heterocycles. The summed E-state index contributed by atoms with van der Waals surface area (Å²) in [7, 11) is 0. The first kappa shape index (κ1) is 15.4. The second kappa shape index (κ2) is 7.14. The van der Waals surface area contributed by atoms with Crippen LogP contribution in [0.25, 0.3) is 0 Å². The molecule has 0 radical (unpaired) electrons. The van der Waals surface area contributed by atoms with Gasteiger partial charge in [0.1, 0.15) is 0 Å². The molecule has 1 amide bonds. The van der Waals surface area contributed by atoms with E-state index in [1.165, 1.54) is 24.0 Å². The third-order valence-electron chi connectivity index (χ3n) is 3.96. The number of aryl methyl sites for hydroxylation is 2. The highest BCUT2D eigenvalue weighted by Gasteiger charge is 2.18. The minimum atomic E-state index is -0.0167. The van der Waals surface area contributed by atoms with Crippen LogP contribution in [0.15, 0.2) is 18.2 Å². The molecule has 1 aromatic rings. The van der Waals surface area contributed by atoms with Crippen LogP contribution >= 0.6 is 11.8 Å². The average Bonchev–Trinajstić information content (AvgIpc) is 2.87. The highest BCUT2D eigenvalue weighted by atomic mass is 32.2. The standard InChI is InChI=1S/C16H23NO2S/c1-11(15(10-18)20-2)17-16(19)9-12-6-7-13-4-3-5-14(13)8-12/h6-8,11,15,18H,3-5,9-10H2,1-2H3,(H,17,19). The van der Waals surface area contributed by atoms with Crippen LogP contribution in [-0.2, 0) is 24.1 Å². The Morgan fingerprint density at radius 2 is 2.15 bits per heavy atom. The molecule has 0 saturated heterocycles. The van der Waals surface area contributed by atoms with Gasteiger partial charge in [0.15, 0.2) is 0 Å². The predicted molar refractivity (Wildman–Crippen MR) is 84.2 cm³/mol. The summed E-state index contributed by atoms with van der Waals surface area (Å²) >= 11 is 1.58. The van der Waals surface area contributed by atoms with E-state index in [1.807, 2.05) is 13.2 Å². The molecule has 1 aliphatic rings. The molecule has 20 heavy (non-hydrogen) atoms. The summed E-state index contributed by atoms with van der Waals surface area (Å²) in [6, 6.07) is 6.38. The van der Waals surface area contributed by atoms with Gasteiger partial charge < -0.3 is 10.4 Å². The third-order valence-corrected chi connectivity index (χ3v) is 5.12. The largest absolute Gasteiger partial charge is 0.395 e. The highest BCUT2D eigenvalue weighted by Crippen LogP contribution is 2.23. The molecular weight excluding hydrogens is 270 g/mol. The van der Waals surface area contributed by atoms with E-state index in [4.69, 9.17) is 0 Å². The molecule has 0 bridgehead atoms. The van der Waals surface area contributed by atoms with Gasteiger partial charge in [0.25, 0.3) is 0 Å². The molecule has 0 aromatic heterocycles. The fourth-order valence-electron chi connectivity index (χ4n) is 2.76. The summed E-state index contributed by atoms with van der Waals surface area (Å²) in [5, 5.41) is 12.3. The van der Waals surface area contributed by atoms with Crippen molar-refractivity contribution < 1.29 is 9.90 Å². The molecule has 0 spiro atoms. The summed E-state index contributed by atoms with van der Waals surface area (Å²) in [5.41, 5.74) is 3.92. The van der Waals surface area contributed by atoms with E-state index in [2.05, 4.69) is 23.5 Å². The number of nitrogens with one attached hydrogen (secondary N) is 1. The van der Waals surface area contributed by atoms with E-state index in [0.29, 0.717) is 6.42 Å². The van der Waals surface area contributed by atoms with Crippen LogP contribution in [-0.4, -0.2) is 35.2 Å². The summed E-state index contributed by atoms with van der Waals surface area (Å²) in [6.07, 6.45) is 5.91. The fourth-order valence-corrected chi connectivity index (χ4v) is 3.38. The van der Waals surface area contributed by atoms with Gasteiger partial charge in [-0.3, -0.25) is 4.79 Å². The minimum Gasteiger partial charge on any atom is -0.395 e. The van der Waals surface area contributed by atoms with E-state index >= 15 is 0 Å². The quantitative estimate of drug-likeness (QED) is 0.843. The maximum Gasteiger partial charge on any atom is 0.224 e. The van der Waals surface area contributed by atoms with E-state index in [9.17, 15) is 9.90 Å². The smallest absolute Gasteiger partial charge is 0.224 e. The lowest BCUT2D eigenvalue weighted by molar-refractivity contribution is -0.121. The van der Waals surface area contributed by atoms with Gasteiger partial charge in [0, 0.05) is 11.3 Å². The van der Waals surface area contributed by atoms with Gasteiger partial charge in [0.05, 0.1) is 13.0 Å². The Morgan fingerprint density at radius 1 is 1.40 bits per heavy atom. The maximum absolute atomic E-state index is 12.1. The monoisotopic (exact) mass is 293 g/mol. The molecule has 2 rings (SSSR count). The number of benzene rings is 1. The van der Waals surface area contributed by atoms with E-state index in [0.717, 1.165) is 12.0 Å². The molecule has 2 N–H and O–H groups in total. The Labute approximate surface area is 125 Å². The second-order valence-corrected chi connectivity index (χ2v) is 6.52. The van der Waals surface area contributed by atoms with Crippen molar-refractivity contribution >= 4 is 17.7 Å². The van der Waals surface area contributed by atoms with Crippen LogP contribution in [0.4, 0.5) is 0 Å². The third kappa shape index (κ3) is 3.76. The van der Waals surface area contributed by atoms with Crippen molar-refractivity contribution in [3.05, 3.63) is 34.9 Å². The van der Waals surface area contributed by atoms with Gasteiger partial charge >= 0.3 is 0 Å². The van der Waals surface area contributed by atoms with Gasteiger partial charge in [-0.05, 0) is 49.1 Å². The molecule has 1 aliphatic carbocycles. The number of hydrogen-bond acceptors (Lipinski definition) is 3. The summed E-state index contributed by atoms with van der Waals surface area (Å²) in [4.78, 5) is 12.1. The summed E-state index contributed by atoms with van der Waals surface area (Å²) in [5.74, 6) is 0.0305. The minimum absolute atomic E-state index is 0.0167. The number of hydrogen-bond donors (Lipinski definition) is 2. The SMILES string of the molecule is CSC(CO)C(C)NC(=O)Cc1ccc2c(c1)CCC2. The van der Waals surface area contributed by atoms with Gasteiger partial charge in [-0.25, -0.2) is 0 Å². The number of rotatable bonds is 6. The zero-order chi connectivity index (χ0) is 14.5. The molecule has 1 aromatic carbocycles. The van der Waals surface area contributed by atoms with Crippen molar-refractivity contribution in [2.45, 2.75) is 43.9 Å². The zero-order valence-electron chi connectivity index (χ0n) is 12.2. The molecular formula is C16H23NO2S. The Morgan fingerprint density at radius 3 is 2.85 bits per heavy atom. The molecule has 2 atom stereocenters. The van der Waals surface area contributed by atoms with Crippen molar-refractivity contribution in [2.75, 3.05) is 12.9 Å². The number of carbonyl (C=O) groups excluding carboxylic acids is 1. The first-order valence-corrected chi connectivity index (χ1v) is 8.46. The molecule has 3 nitrogen and oxygen atoms in total. The average molecular weight is 293 g/mol. The van der Waals surface area contributed by atoms with Crippen LogP contribution in [0.1, 0.15) is 30.0 Å². The normalized spacial score (nSPS) is 16.6. The summed E-state index contributed by atoms with van der Waals surface area (Å²) in [6.45, 7) is 2.03. The predicted octanol–water partition coefficient (Wildman–Crippen LogP) is 1.95. The van der Waals surface area contributed by atoms with Crippen LogP contribution in [0.3, 0.4) is 0 Å². The molecule has 0 saturated carbocycles. The fraction of sp³-hybridized carbons (Fsp3) is 0.562. The number of aliphatic hydroxyl groups excluding tert-OH is 1. The Hall–Kier alpha value is -1.00. The van der Waals surface area contributed by atoms with E-state index < -0.39 is 0 Å². The van der Waals surface area contributed by atoms with Crippen LogP contribution < -0.4 is 5.32 Å². The van der Waals surface area contributed by atoms with Crippen molar-refractivity contribution in [3.63, 3.8) is 0 Å². The molecule has 110 valence electrons. The highest BCUT2D eigenvalue weighted by molar-refractivity contribution is 7.99. The number of thioether (sulfide) groups is 1. The lowest BCUT2D eigenvalue weighted by atomic mass is 10.0. The van der Waals surface area contributed by atoms with E-state index in [-0.39, 0.29) is 23.8 Å². The van der Waals surface area contributed by atoms with Gasteiger partial charge in [-0.15, -0.1) is 0 Å². The number of aliphatic hydroxyl groups is 1. The topological polar surface area (TPSA) is 49.3 Å². The van der Waals surface area contributed by atoms with Crippen LogP contribution in [0.5, 0.6) is 0 Å². The van der Waals surface area contributed by atoms with Crippen molar-refractivity contribution in [1.82, 2.24) is 5.32 Å². The van der Waals surface area contributed by atoms with Crippen LogP contribution in [0, 0.1) is 0 Å². The van der Waals surface area contributed by atoms with Crippen molar-refractivity contribution in [3.8, 4) is 0 Å². The van der Waals surface area contributed by atoms with Crippen molar-refractivity contribution in [1.29, 1.82) is 0 Å². The van der Waals surface area contributed by atoms with Gasteiger partial charge in [0.2, 0.25) is 5.91 Å². The molecule has 0 heterocycles. The van der Waals surface area contributed by atoms with Gasteiger partial charge in [-0.1, -0.05) is 18.2 Å². The molecule has 4 heteroatoms. The Kier molecular flexibility index (Phi) is 5.49. The number of fused-ring (bicyclic) bond motifs is 1. The first-order chi connectivity index (χ1) is 9.63. The molecule has 2 unspecified atom stereocenters. The summed E-state index contributed by atoms with van der Waals surface area (Å²) < 4.78 is 0. The Bertz CT molecular complexity index is 472. The number of carbonyl (C=O) groups is 1. The van der Waals surface area contributed by atoms with Gasteiger partial charge in [-0.2, -0.15) is 11.8 Å². The Balaban J connectivity index is 1.91. The first-order valence-electron chi connectivity index (χ1n) is 7.17. The second-order valence-electron chi connectivity index (χ2n) is 5.45. The maximum atomic E-state index is 12.1.